The quantitative estimate of drug-likeness (QED) is 0.843. The Hall–Kier alpha value is -0.930. The molecule has 1 aromatic carbocycles. The van der Waals surface area contributed by atoms with Gasteiger partial charge in [-0.25, -0.2) is 4.39 Å². The Balaban J connectivity index is 1.94. The van der Waals surface area contributed by atoms with Crippen molar-refractivity contribution in [1.29, 1.82) is 0 Å². The first-order valence-corrected chi connectivity index (χ1v) is 6.32. The van der Waals surface area contributed by atoms with E-state index in [1.807, 2.05) is 0 Å². The van der Waals surface area contributed by atoms with Gasteiger partial charge in [-0.3, -0.25) is 0 Å². The minimum Gasteiger partial charge on any atom is -0.392 e. The Kier molecular flexibility index (Phi) is 4.13. The van der Waals surface area contributed by atoms with Gasteiger partial charge in [-0.2, -0.15) is 0 Å². The second-order valence-corrected chi connectivity index (χ2v) is 4.98. The van der Waals surface area contributed by atoms with Gasteiger partial charge < -0.3 is 10.4 Å². The number of halogens is 1. The number of rotatable bonds is 4. The van der Waals surface area contributed by atoms with Gasteiger partial charge in [-0.1, -0.05) is 19.4 Å². The van der Waals surface area contributed by atoms with Crippen LogP contribution in [-0.2, 0) is 13.2 Å². The standard InChI is InChI=1S/C14H20FNO/c1-10-3-2-4-14(10)16-8-11-5-6-13(15)12(7-11)9-17/h5-7,10,14,16-17H,2-4,8-9H2,1H3. The molecule has 2 unspecified atom stereocenters. The molecule has 1 aliphatic carbocycles. The summed E-state index contributed by atoms with van der Waals surface area (Å²) in [6, 6.07) is 5.53. The number of hydrogen-bond acceptors (Lipinski definition) is 2. The number of aliphatic hydroxyl groups is 1. The van der Waals surface area contributed by atoms with Gasteiger partial charge in [0, 0.05) is 18.2 Å². The fourth-order valence-corrected chi connectivity index (χ4v) is 2.56. The van der Waals surface area contributed by atoms with Crippen molar-refractivity contribution in [2.45, 2.75) is 45.4 Å². The highest BCUT2D eigenvalue weighted by molar-refractivity contribution is 5.24. The summed E-state index contributed by atoms with van der Waals surface area (Å²) >= 11 is 0. The van der Waals surface area contributed by atoms with Crippen molar-refractivity contribution in [3.63, 3.8) is 0 Å². The highest BCUT2D eigenvalue weighted by Gasteiger charge is 2.22. The lowest BCUT2D eigenvalue weighted by molar-refractivity contribution is 0.275. The molecule has 1 saturated carbocycles. The minimum absolute atomic E-state index is 0.237. The fraction of sp³-hybridized carbons (Fsp3) is 0.571. The maximum Gasteiger partial charge on any atom is 0.128 e. The summed E-state index contributed by atoms with van der Waals surface area (Å²) in [5.41, 5.74) is 1.42. The van der Waals surface area contributed by atoms with Crippen LogP contribution in [0.15, 0.2) is 18.2 Å². The third kappa shape index (κ3) is 3.05. The number of aliphatic hydroxyl groups excluding tert-OH is 1. The Bertz CT molecular complexity index is 380. The molecule has 1 aromatic rings. The molecule has 0 radical (unpaired) electrons. The predicted octanol–water partition coefficient (Wildman–Crippen LogP) is 2.60. The highest BCUT2D eigenvalue weighted by atomic mass is 19.1. The highest BCUT2D eigenvalue weighted by Crippen LogP contribution is 2.25. The van der Waals surface area contributed by atoms with E-state index in [2.05, 4.69) is 12.2 Å². The summed E-state index contributed by atoms with van der Waals surface area (Å²) in [4.78, 5) is 0. The minimum atomic E-state index is -0.328. The largest absolute Gasteiger partial charge is 0.392 e. The smallest absolute Gasteiger partial charge is 0.128 e. The molecule has 3 heteroatoms. The van der Waals surface area contributed by atoms with Crippen LogP contribution in [0.5, 0.6) is 0 Å². The molecule has 2 nitrogen and oxygen atoms in total. The molecule has 0 amide bonds. The van der Waals surface area contributed by atoms with Crippen molar-refractivity contribution in [2.75, 3.05) is 0 Å². The van der Waals surface area contributed by atoms with Crippen molar-refractivity contribution in [1.82, 2.24) is 5.32 Å². The number of nitrogens with one attached hydrogen (secondary N) is 1. The van der Waals surface area contributed by atoms with E-state index >= 15 is 0 Å². The van der Waals surface area contributed by atoms with E-state index < -0.39 is 0 Å². The molecule has 0 aromatic heterocycles. The van der Waals surface area contributed by atoms with Crippen LogP contribution >= 0.6 is 0 Å². The molecule has 1 aliphatic rings. The summed E-state index contributed by atoms with van der Waals surface area (Å²) in [5, 5.41) is 12.5. The molecular weight excluding hydrogens is 217 g/mol. The Morgan fingerprint density at radius 3 is 2.88 bits per heavy atom. The Morgan fingerprint density at radius 1 is 1.41 bits per heavy atom. The van der Waals surface area contributed by atoms with Crippen LogP contribution in [0.2, 0.25) is 0 Å². The van der Waals surface area contributed by atoms with Gasteiger partial charge in [0.05, 0.1) is 6.61 Å². The van der Waals surface area contributed by atoms with Gasteiger partial charge in [-0.05, 0) is 36.5 Å². The van der Waals surface area contributed by atoms with E-state index in [4.69, 9.17) is 5.11 Å². The second kappa shape index (κ2) is 5.61. The van der Waals surface area contributed by atoms with Gasteiger partial charge in [-0.15, -0.1) is 0 Å². The van der Waals surface area contributed by atoms with Gasteiger partial charge >= 0.3 is 0 Å². The van der Waals surface area contributed by atoms with Crippen LogP contribution in [0.3, 0.4) is 0 Å². The maximum atomic E-state index is 13.2. The van der Waals surface area contributed by atoms with Gasteiger partial charge in [0.25, 0.3) is 0 Å². The van der Waals surface area contributed by atoms with Gasteiger partial charge in [0.1, 0.15) is 5.82 Å². The Labute approximate surface area is 102 Å². The van der Waals surface area contributed by atoms with E-state index in [1.54, 1.807) is 12.1 Å². The summed E-state index contributed by atoms with van der Waals surface area (Å²) in [6.45, 7) is 2.79. The van der Waals surface area contributed by atoms with Crippen molar-refractivity contribution in [3.05, 3.63) is 35.1 Å². The first-order valence-electron chi connectivity index (χ1n) is 6.32. The van der Waals surface area contributed by atoms with Crippen molar-refractivity contribution >= 4 is 0 Å². The number of hydrogen-bond donors (Lipinski definition) is 2. The Morgan fingerprint density at radius 2 is 2.24 bits per heavy atom. The molecule has 0 aliphatic heterocycles. The molecule has 0 spiro atoms. The van der Waals surface area contributed by atoms with E-state index in [9.17, 15) is 4.39 Å². The first kappa shape index (κ1) is 12.5. The molecule has 0 heterocycles. The topological polar surface area (TPSA) is 32.3 Å². The zero-order valence-electron chi connectivity index (χ0n) is 10.2. The normalized spacial score (nSPS) is 24.2. The van der Waals surface area contributed by atoms with Crippen molar-refractivity contribution in [3.8, 4) is 0 Å². The molecule has 0 saturated heterocycles. The zero-order valence-corrected chi connectivity index (χ0v) is 10.2. The average Bonchev–Trinajstić information content (AvgIpc) is 2.74. The summed E-state index contributed by atoms with van der Waals surface area (Å²) in [7, 11) is 0. The molecule has 17 heavy (non-hydrogen) atoms. The van der Waals surface area contributed by atoms with Crippen LogP contribution in [0.1, 0.15) is 37.3 Å². The molecule has 2 N–H and O–H groups in total. The summed E-state index contributed by atoms with van der Waals surface area (Å²) in [5.74, 6) is 0.401. The molecule has 94 valence electrons. The van der Waals surface area contributed by atoms with Crippen LogP contribution < -0.4 is 5.32 Å². The van der Waals surface area contributed by atoms with Gasteiger partial charge in [0.2, 0.25) is 0 Å². The molecule has 2 atom stereocenters. The maximum absolute atomic E-state index is 13.2. The van der Waals surface area contributed by atoms with Crippen LogP contribution in [0.25, 0.3) is 0 Å². The molecule has 0 bridgehead atoms. The van der Waals surface area contributed by atoms with E-state index in [-0.39, 0.29) is 12.4 Å². The molecule has 2 rings (SSSR count). The zero-order chi connectivity index (χ0) is 12.3. The third-order valence-corrected chi connectivity index (χ3v) is 3.71. The van der Waals surface area contributed by atoms with E-state index in [0.29, 0.717) is 11.6 Å². The first-order chi connectivity index (χ1) is 8.20. The predicted molar refractivity (Wildman–Crippen MR) is 66.0 cm³/mol. The molecular formula is C14H20FNO. The van der Waals surface area contributed by atoms with Crippen LogP contribution in [0.4, 0.5) is 4.39 Å². The monoisotopic (exact) mass is 237 g/mol. The lowest BCUT2D eigenvalue weighted by Crippen LogP contribution is -2.30. The SMILES string of the molecule is CC1CCCC1NCc1ccc(F)c(CO)c1. The molecule has 1 fully saturated rings. The van der Waals surface area contributed by atoms with Crippen LogP contribution in [-0.4, -0.2) is 11.1 Å². The summed E-state index contributed by atoms with van der Waals surface area (Å²) < 4.78 is 13.2. The average molecular weight is 237 g/mol. The van der Waals surface area contributed by atoms with Crippen LogP contribution in [0, 0.1) is 11.7 Å². The summed E-state index contributed by atoms with van der Waals surface area (Å²) in [6.07, 6.45) is 3.82. The van der Waals surface area contributed by atoms with E-state index in [0.717, 1.165) is 18.0 Å². The number of benzene rings is 1. The lowest BCUT2D eigenvalue weighted by Gasteiger charge is -2.17. The van der Waals surface area contributed by atoms with E-state index in [1.165, 1.54) is 25.3 Å². The second-order valence-electron chi connectivity index (χ2n) is 4.98. The lowest BCUT2D eigenvalue weighted by atomic mass is 10.1. The third-order valence-electron chi connectivity index (χ3n) is 3.71. The van der Waals surface area contributed by atoms with Crippen molar-refractivity contribution in [2.24, 2.45) is 5.92 Å². The van der Waals surface area contributed by atoms with Crippen molar-refractivity contribution < 1.29 is 9.50 Å². The fourth-order valence-electron chi connectivity index (χ4n) is 2.56. The van der Waals surface area contributed by atoms with Gasteiger partial charge in [0.15, 0.2) is 0 Å².